The van der Waals surface area contributed by atoms with Crippen molar-refractivity contribution in [1.82, 2.24) is 10.2 Å². The summed E-state index contributed by atoms with van der Waals surface area (Å²) in [6, 6.07) is 18.8. The zero-order valence-electron chi connectivity index (χ0n) is 27.7. The number of hydrogen-bond acceptors (Lipinski definition) is 4. The van der Waals surface area contributed by atoms with Crippen LogP contribution in [0.15, 0.2) is 66.7 Å². The molecule has 3 aromatic carbocycles. The molecule has 0 bridgehead atoms. The van der Waals surface area contributed by atoms with Crippen LogP contribution in [0.1, 0.15) is 87.2 Å². The standard InChI is InChI=1S/C37H48ClN3O4/c1-8-9-10-14-23-41(35(43)30(24-28-20-12-11-13-21-28)39-36(44)45-37(5,6)7)33(31-25(2)17-15-18-26(31)3)34(42)40-32-27(4)19-16-22-29(32)38/h11-13,15-22,30,33H,8-10,14,23-24H2,1-7H3,(H,39,44)(H,40,42). The number of carbonyl (C=O) groups excluding carboxylic acids is 3. The number of carbonyl (C=O) groups is 3. The number of hydrogen-bond donors (Lipinski definition) is 2. The van der Waals surface area contributed by atoms with E-state index in [0.29, 0.717) is 23.7 Å². The molecule has 2 unspecified atom stereocenters. The highest BCUT2D eigenvalue weighted by molar-refractivity contribution is 6.34. The maximum atomic E-state index is 14.8. The molecule has 7 nitrogen and oxygen atoms in total. The van der Waals surface area contributed by atoms with E-state index in [-0.39, 0.29) is 18.2 Å². The average Bonchev–Trinajstić information content (AvgIpc) is 2.96. The van der Waals surface area contributed by atoms with Gasteiger partial charge in [0.2, 0.25) is 5.91 Å². The molecule has 2 N–H and O–H groups in total. The van der Waals surface area contributed by atoms with Crippen LogP contribution in [0.2, 0.25) is 5.02 Å². The van der Waals surface area contributed by atoms with E-state index in [0.717, 1.165) is 47.1 Å². The minimum atomic E-state index is -0.977. The fourth-order valence-electron chi connectivity index (χ4n) is 5.44. The van der Waals surface area contributed by atoms with E-state index in [9.17, 15) is 14.4 Å². The zero-order valence-corrected chi connectivity index (χ0v) is 28.5. The van der Waals surface area contributed by atoms with E-state index in [1.807, 2.05) is 81.4 Å². The van der Waals surface area contributed by atoms with Crippen molar-refractivity contribution in [2.45, 2.75) is 98.3 Å². The topological polar surface area (TPSA) is 87.7 Å². The zero-order chi connectivity index (χ0) is 33.1. The second kappa shape index (κ2) is 16.5. The number of aryl methyl sites for hydroxylation is 3. The second-order valence-electron chi connectivity index (χ2n) is 12.6. The fourth-order valence-corrected chi connectivity index (χ4v) is 5.71. The number of nitrogens with one attached hydrogen (secondary N) is 2. The molecule has 0 spiro atoms. The molecule has 0 aliphatic rings. The highest BCUT2D eigenvalue weighted by atomic mass is 35.5. The molecule has 2 atom stereocenters. The summed E-state index contributed by atoms with van der Waals surface area (Å²) in [5, 5.41) is 6.31. The van der Waals surface area contributed by atoms with Crippen LogP contribution >= 0.6 is 11.6 Å². The minimum Gasteiger partial charge on any atom is -0.444 e. The Bertz CT molecular complexity index is 1410. The lowest BCUT2D eigenvalue weighted by Gasteiger charge is -2.36. The van der Waals surface area contributed by atoms with Crippen molar-refractivity contribution in [3.05, 3.63) is 99.6 Å². The molecular formula is C37H48ClN3O4. The molecule has 45 heavy (non-hydrogen) atoms. The molecule has 242 valence electrons. The number of benzene rings is 3. The molecule has 3 aromatic rings. The van der Waals surface area contributed by atoms with Crippen LogP contribution in [0.4, 0.5) is 10.5 Å². The van der Waals surface area contributed by atoms with Crippen molar-refractivity contribution < 1.29 is 19.1 Å². The normalized spacial score (nSPS) is 12.6. The number of nitrogens with zero attached hydrogens (tertiary/aromatic N) is 1. The van der Waals surface area contributed by atoms with Crippen LogP contribution in [-0.2, 0) is 20.7 Å². The Morgan fingerprint density at radius 2 is 1.47 bits per heavy atom. The van der Waals surface area contributed by atoms with E-state index < -0.39 is 23.8 Å². The van der Waals surface area contributed by atoms with Crippen LogP contribution in [-0.4, -0.2) is 41.0 Å². The molecular weight excluding hydrogens is 586 g/mol. The van der Waals surface area contributed by atoms with Crippen LogP contribution in [0, 0.1) is 20.8 Å². The van der Waals surface area contributed by atoms with Crippen LogP contribution in [0.3, 0.4) is 0 Å². The molecule has 8 heteroatoms. The second-order valence-corrected chi connectivity index (χ2v) is 13.0. The van der Waals surface area contributed by atoms with Gasteiger partial charge in [-0.05, 0) is 81.8 Å². The van der Waals surface area contributed by atoms with Crippen LogP contribution < -0.4 is 10.6 Å². The summed E-state index contributed by atoms with van der Waals surface area (Å²) in [7, 11) is 0. The van der Waals surface area contributed by atoms with E-state index in [1.54, 1.807) is 31.7 Å². The number of ether oxygens (including phenoxy) is 1. The van der Waals surface area contributed by atoms with Crippen LogP contribution in [0.5, 0.6) is 0 Å². The van der Waals surface area contributed by atoms with Crippen molar-refractivity contribution >= 4 is 35.2 Å². The first-order chi connectivity index (χ1) is 21.3. The molecule has 0 heterocycles. The Balaban J connectivity index is 2.15. The van der Waals surface area contributed by atoms with Gasteiger partial charge in [-0.3, -0.25) is 9.59 Å². The lowest BCUT2D eigenvalue weighted by Crippen LogP contribution is -2.53. The molecule has 0 aromatic heterocycles. The summed E-state index contributed by atoms with van der Waals surface area (Å²) in [4.78, 5) is 44.0. The Kier molecular flexibility index (Phi) is 13.0. The highest BCUT2D eigenvalue weighted by Crippen LogP contribution is 2.33. The third-order valence-corrected chi connectivity index (χ3v) is 7.97. The summed E-state index contributed by atoms with van der Waals surface area (Å²) in [5.41, 5.74) is 3.96. The van der Waals surface area contributed by atoms with Gasteiger partial charge >= 0.3 is 6.09 Å². The third-order valence-electron chi connectivity index (χ3n) is 7.65. The Morgan fingerprint density at radius 3 is 2.07 bits per heavy atom. The van der Waals surface area contributed by atoms with Gasteiger partial charge in [-0.1, -0.05) is 98.5 Å². The minimum absolute atomic E-state index is 0.231. The SMILES string of the molecule is CCCCCCN(C(=O)C(Cc1ccccc1)NC(=O)OC(C)(C)C)C(C(=O)Nc1c(C)cccc1Cl)c1c(C)cccc1C. The van der Waals surface area contributed by atoms with Gasteiger partial charge in [0.1, 0.15) is 17.7 Å². The average molecular weight is 634 g/mol. The number of para-hydroxylation sites is 1. The van der Waals surface area contributed by atoms with Crippen molar-refractivity contribution in [1.29, 1.82) is 0 Å². The molecule has 3 amide bonds. The fraction of sp³-hybridized carbons (Fsp3) is 0.432. The molecule has 0 radical (unpaired) electrons. The van der Waals surface area contributed by atoms with E-state index >= 15 is 0 Å². The lowest BCUT2D eigenvalue weighted by molar-refractivity contribution is -0.141. The molecule has 0 aliphatic carbocycles. The maximum absolute atomic E-state index is 14.8. The number of amides is 3. The van der Waals surface area contributed by atoms with E-state index in [1.165, 1.54) is 0 Å². The van der Waals surface area contributed by atoms with Crippen molar-refractivity contribution in [2.75, 3.05) is 11.9 Å². The van der Waals surface area contributed by atoms with Gasteiger partial charge in [0.25, 0.3) is 5.91 Å². The van der Waals surface area contributed by atoms with Gasteiger partial charge in [0.05, 0.1) is 10.7 Å². The van der Waals surface area contributed by atoms with Crippen LogP contribution in [0.25, 0.3) is 0 Å². The van der Waals surface area contributed by atoms with Gasteiger partial charge in [-0.25, -0.2) is 4.79 Å². The molecule has 0 saturated carbocycles. The van der Waals surface area contributed by atoms with E-state index in [4.69, 9.17) is 16.3 Å². The quantitative estimate of drug-likeness (QED) is 0.185. The summed E-state index contributed by atoms with van der Waals surface area (Å²) in [6.07, 6.45) is 3.16. The lowest BCUT2D eigenvalue weighted by atomic mass is 9.92. The van der Waals surface area contributed by atoms with Gasteiger partial charge < -0.3 is 20.3 Å². The summed E-state index contributed by atoms with van der Waals surface area (Å²) in [6.45, 7) is 13.6. The number of anilines is 1. The first-order valence-corrected chi connectivity index (χ1v) is 16.2. The Labute approximate surface area is 273 Å². The van der Waals surface area contributed by atoms with Gasteiger partial charge in [0, 0.05) is 13.0 Å². The van der Waals surface area contributed by atoms with Crippen molar-refractivity contribution in [3.63, 3.8) is 0 Å². The molecule has 0 aliphatic heterocycles. The smallest absolute Gasteiger partial charge is 0.408 e. The monoisotopic (exact) mass is 633 g/mol. The predicted octanol–water partition coefficient (Wildman–Crippen LogP) is 8.49. The Hall–Kier alpha value is -3.84. The highest BCUT2D eigenvalue weighted by Gasteiger charge is 2.38. The number of halogens is 1. The molecule has 3 rings (SSSR count). The molecule has 0 fully saturated rings. The number of rotatable bonds is 13. The molecule has 0 saturated heterocycles. The largest absolute Gasteiger partial charge is 0.444 e. The van der Waals surface area contributed by atoms with Gasteiger partial charge in [-0.2, -0.15) is 0 Å². The van der Waals surface area contributed by atoms with Gasteiger partial charge in [0.15, 0.2) is 0 Å². The summed E-state index contributed by atoms with van der Waals surface area (Å²) >= 11 is 6.54. The van der Waals surface area contributed by atoms with Gasteiger partial charge in [-0.15, -0.1) is 0 Å². The summed E-state index contributed by atoms with van der Waals surface area (Å²) < 4.78 is 5.57. The summed E-state index contributed by atoms with van der Waals surface area (Å²) in [5.74, 6) is -0.733. The van der Waals surface area contributed by atoms with E-state index in [2.05, 4.69) is 17.6 Å². The van der Waals surface area contributed by atoms with Crippen molar-refractivity contribution in [3.8, 4) is 0 Å². The number of alkyl carbamates (subject to hydrolysis) is 1. The Morgan fingerprint density at radius 1 is 0.844 bits per heavy atom. The predicted molar refractivity (Wildman–Crippen MR) is 183 cm³/mol. The third kappa shape index (κ3) is 10.4. The number of unbranched alkanes of at least 4 members (excludes halogenated alkanes) is 3. The maximum Gasteiger partial charge on any atom is 0.408 e. The first-order valence-electron chi connectivity index (χ1n) is 15.8. The first kappa shape index (κ1) is 35.6. The van der Waals surface area contributed by atoms with Crippen molar-refractivity contribution in [2.24, 2.45) is 0 Å².